The predicted octanol–water partition coefficient (Wildman–Crippen LogP) is 6.83. The van der Waals surface area contributed by atoms with Crippen molar-refractivity contribution in [1.82, 2.24) is 5.32 Å². The van der Waals surface area contributed by atoms with Crippen molar-refractivity contribution >= 4 is 52.8 Å². The second kappa shape index (κ2) is 12.8. The van der Waals surface area contributed by atoms with Gasteiger partial charge in [-0.15, -0.1) is 0 Å². The summed E-state index contributed by atoms with van der Waals surface area (Å²) in [4.78, 5) is 39.6. The summed E-state index contributed by atoms with van der Waals surface area (Å²) in [5.41, 5.74) is 2.37. The third-order valence-corrected chi connectivity index (χ3v) is 7.06. The van der Waals surface area contributed by atoms with Gasteiger partial charge in [0.1, 0.15) is 24.5 Å². The van der Waals surface area contributed by atoms with Gasteiger partial charge in [0.05, 0.1) is 22.8 Å². The number of methoxy groups -OCH3 is 1. The van der Waals surface area contributed by atoms with Gasteiger partial charge in [0, 0.05) is 0 Å². The maximum absolute atomic E-state index is 13.3. The fraction of sp³-hybridized carbons (Fsp3) is 0.0938. The van der Waals surface area contributed by atoms with Crippen molar-refractivity contribution in [3.63, 3.8) is 0 Å². The van der Waals surface area contributed by atoms with Gasteiger partial charge in [0.25, 0.3) is 11.8 Å². The van der Waals surface area contributed by atoms with E-state index in [1.165, 1.54) is 13.2 Å². The van der Waals surface area contributed by atoms with Crippen LogP contribution in [0.5, 0.6) is 17.2 Å². The molecular formula is C32H24Cl2N2O6. The zero-order chi connectivity index (χ0) is 29.6. The Morgan fingerprint density at radius 1 is 0.762 bits per heavy atom. The molecule has 212 valence electrons. The van der Waals surface area contributed by atoms with Gasteiger partial charge in [0.15, 0.2) is 11.5 Å². The van der Waals surface area contributed by atoms with Gasteiger partial charge in [-0.1, -0.05) is 65.7 Å². The van der Waals surface area contributed by atoms with E-state index in [9.17, 15) is 14.4 Å². The van der Waals surface area contributed by atoms with Crippen molar-refractivity contribution in [2.24, 2.45) is 0 Å². The molecule has 4 aromatic carbocycles. The van der Waals surface area contributed by atoms with E-state index in [4.69, 9.17) is 37.4 Å². The fourth-order valence-electron chi connectivity index (χ4n) is 4.17. The van der Waals surface area contributed by atoms with Crippen LogP contribution < -0.4 is 24.4 Å². The van der Waals surface area contributed by atoms with Crippen molar-refractivity contribution in [2.45, 2.75) is 13.2 Å². The number of benzene rings is 4. The van der Waals surface area contributed by atoms with Crippen LogP contribution in [0, 0.1) is 0 Å². The van der Waals surface area contributed by atoms with Gasteiger partial charge >= 0.3 is 6.03 Å². The largest absolute Gasteiger partial charge is 0.493 e. The summed E-state index contributed by atoms with van der Waals surface area (Å²) in [7, 11) is 1.48. The molecule has 0 atom stereocenters. The van der Waals surface area contributed by atoms with Crippen LogP contribution in [0.1, 0.15) is 16.7 Å². The summed E-state index contributed by atoms with van der Waals surface area (Å²) in [6.07, 6.45) is 1.39. The van der Waals surface area contributed by atoms with E-state index in [2.05, 4.69) is 5.32 Å². The number of hydrogen-bond acceptors (Lipinski definition) is 6. The molecule has 0 unspecified atom stereocenters. The first-order valence-corrected chi connectivity index (χ1v) is 13.5. The highest BCUT2D eigenvalue weighted by Gasteiger charge is 2.36. The molecule has 4 aromatic rings. The molecule has 8 nitrogen and oxygen atoms in total. The lowest BCUT2D eigenvalue weighted by atomic mass is 10.1. The van der Waals surface area contributed by atoms with Crippen molar-refractivity contribution in [1.29, 1.82) is 0 Å². The quantitative estimate of drug-likeness (QED) is 0.167. The Labute approximate surface area is 252 Å². The van der Waals surface area contributed by atoms with Gasteiger partial charge in [-0.2, -0.15) is 0 Å². The summed E-state index contributed by atoms with van der Waals surface area (Å²) < 4.78 is 17.1. The number of hydrogen-bond donors (Lipinski definition) is 1. The van der Waals surface area contributed by atoms with Gasteiger partial charge < -0.3 is 14.2 Å². The number of carbonyl (C=O) groups excluding carboxylic acids is 3. The van der Waals surface area contributed by atoms with Crippen LogP contribution >= 0.6 is 23.2 Å². The number of urea groups is 1. The highest BCUT2D eigenvalue weighted by Crippen LogP contribution is 2.31. The van der Waals surface area contributed by atoms with E-state index in [1.807, 2.05) is 30.3 Å². The molecule has 5 rings (SSSR count). The molecule has 1 N–H and O–H groups in total. The van der Waals surface area contributed by atoms with Crippen LogP contribution in [0.4, 0.5) is 10.5 Å². The zero-order valence-electron chi connectivity index (χ0n) is 22.3. The maximum atomic E-state index is 13.3. The number of imide groups is 2. The summed E-state index contributed by atoms with van der Waals surface area (Å²) in [6.45, 7) is 0.579. The van der Waals surface area contributed by atoms with Crippen molar-refractivity contribution in [3.8, 4) is 17.2 Å². The Kier molecular flexibility index (Phi) is 8.76. The first-order chi connectivity index (χ1) is 20.3. The van der Waals surface area contributed by atoms with Crippen LogP contribution in [0.15, 0.2) is 96.6 Å². The minimum Gasteiger partial charge on any atom is -0.493 e. The van der Waals surface area contributed by atoms with Gasteiger partial charge in [-0.25, -0.2) is 9.69 Å². The van der Waals surface area contributed by atoms with Crippen LogP contribution in [-0.4, -0.2) is 25.0 Å². The van der Waals surface area contributed by atoms with E-state index in [0.29, 0.717) is 39.5 Å². The van der Waals surface area contributed by atoms with Crippen LogP contribution in [0.3, 0.4) is 0 Å². The predicted molar refractivity (Wildman–Crippen MR) is 160 cm³/mol. The molecule has 4 amide bonds. The second-order valence-corrected chi connectivity index (χ2v) is 9.99. The molecule has 0 aliphatic carbocycles. The van der Waals surface area contributed by atoms with E-state index in [-0.39, 0.29) is 17.9 Å². The first-order valence-electron chi connectivity index (χ1n) is 12.8. The average Bonchev–Trinajstić information content (AvgIpc) is 3.00. The van der Waals surface area contributed by atoms with Gasteiger partial charge in [-0.3, -0.25) is 14.9 Å². The highest BCUT2D eigenvalue weighted by molar-refractivity contribution is 6.42. The van der Waals surface area contributed by atoms with Crippen LogP contribution in [0.25, 0.3) is 6.08 Å². The summed E-state index contributed by atoms with van der Waals surface area (Å²) in [5.74, 6) is -0.180. The van der Waals surface area contributed by atoms with E-state index in [1.54, 1.807) is 60.7 Å². The Morgan fingerprint density at radius 3 is 2.21 bits per heavy atom. The third-order valence-electron chi connectivity index (χ3n) is 6.32. The smallest absolute Gasteiger partial charge is 0.335 e. The lowest BCUT2D eigenvalue weighted by Gasteiger charge is -2.26. The van der Waals surface area contributed by atoms with Gasteiger partial charge in [-0.05, 0) is 71.3 Å². The monoisotopic (exact) mass is 602 g/mol. The molecule has 42 heavy (non-hydrogen) atoms. The van der Waals surface area contributed by atoms with Crippen molar-refractivity contribution < 1.29 is 28.6 Å². The molecule has 1 saturated heterocycles. The van der Waals surface area contributed by atoms with E-state index >= 15 is 0 Å². The number of amides is 4. The number of nitrogens with zero attached hydrogens (tertiary/aromatic N) is 1. The molecule has 1 aliphatic rings. The number of ether oxygens (including phenoxy) is 3. The summed E-state index contributed by atoms with van der Waals surface area (Å²) in [6, 6.07) is 25.4. The summed E-state index contributed by atoms with van der Waals surface area (Å²) in [5, 5.41) is 3.09. The lowest BCUT2D eigenvalue weighted by molar-refractivity contribution is -0.122. The first kappa shape index (κ1) is 28.7. The molecule has 1 heterocycles. The van der Waals surface area contributed by atoms with Crippen molar-refractivity contribution in [2.75, 3.05) is 12.0 Å². The molecule has 0 aromatic heterocycles. The zero-order valence-corrected chi connectivity index (χ0v) is 23.8. The Balaban J connectivity index is 1.31. The summed E-state index contributed by atoms with van der Waals surface area (Å²) >= 11 is 12.1. The number of carbonyl (C=O) groups is 3. The average molecular weight is 603 g/mol. The molecule has 1 fully saturated rings. The molecule has 10 heteroatoms. The minimum absolute atomic E-state index is 0.210. The Bertz CT molecular complexity index is 1670. The Morgan fingerprint density at radius 2 is 1.50 bits per heavy atom. The molecule has 0 spiro atoms. The Hall–Kier alpha value is -4.79. The minimum atomic E-state index is -0.844. The SMILES string of the molecule is COc1cc(/C=C2\C(=O)NC(=O)N(c3ccc(OCc4ccccc4)cc3)C2=O)ccc1OCc1ccc(Cl)c(Cl)c1. The van der Waals surface area contributed by atoms with Crippen LogP contribution in [0.2, 0.25) is 10.0 Å². The highest BCUT2D eigenvalue weighted by atomic mass is 35.5. The maximum Gasteiger partial charge on any atom is 0.335 e. The third kappa shape index (κ3) is 6.57. The van der Waals surface area contributed by atoms with E-state index in [0.717, 1.165) is 16.0 Å². The fourth-order valence-corrected chi connectivity index (χ4v) is 4.50. The van der Waals surface area contributed by atoms with Gasteiger partial charge in [0.2, 0.25) is 0 Å². The number of nitrogens with one attached hydrogen (secondary N) is 1. The molecule has 0 saturated carbocycles. The lowest BCUT2D eigenvalue weighted by Crippen LogP contribution is -2.54. The number of rotatable bonds is 9. The molecule has 0 radical (unpaired) electrons. The topological polar surface area (TPSA) is 94.2 Å². The second-order valence-electron chi connectivity index (χ2n) is 9.17. The number of anilines is 1. The normalized spacial score (nSPS) is 14.1. The standard InChI is InChI=1S/C32H24Cl2N2O6/c1-40-29-17-21(8-14-28(29)42-19-22-7-13-26(33)27(34)16-22)15-25-30(37)35-32(39)36(31(25)38)23-9-11-24(12-10-23)41-18-20-5-3-2-4-6-20/h2-17H,18-19H2,1H3,(H,35,37,39)/b25-15+. The number of barbiturate groups is 1. The van der Waals surface area contributed by atoms with E-state index < -0.39 is 17.8 Å². The van der Waals surface area contributed by atoms with Crippen molar-refractivity contribution in [3.05, 3.63) is 123 Å². The molecule has 1 aliphatic heterocycles. The van der Waals surface area contributed by atoms with Crippen LogP contribution in [-0.2, 0) is 22.8 Å². The molecule has 0 bridgehead atoms. The molecular weight excluding hydrogens is 579 g/mol. The number of halogens is 2.